The number of hydrogen-bond acceptors (Lipinski definition) is 5. The van der Waals surface area contributed by atoms with Crippen molar-refractivity contribution >= 4 is 11.9 Å². The molecule has 0 saturated carbocycles. The quantitative estimate of drug-likeness (QED) is 0.328. The Hall–Kier alpha value is -0.674. The van der Waals surface area contributed by atoms with E-state index in [1.54, 1.807) is 30.9 Å². The summed E-state index contributed by atoms with van der Waals surface area (Å²) in [6, 6.07) is 7.28. The Kier molecular flexibility index (Phi) is 13.1. The van der Waals surface area contributed by atoms with E-state index in [1.807, 2.05) is 29.3 Å². The van der Waals surface area contributed by atoms with Crippen molar-refractivity contribution in [3.63, 3.8) is 0 Å². The fourth-order valence-electron chi connectivity index (χ4n) is 2.57. The van der Waals surface area contributed by atoms with E-state index in [-0.39, 0.29) is 61.5 Å². The zero-order chi connectivity index (χ0) is 17.4. The number of methoxy groups -OCH3 is 2. The molecular formula is C18H23N2O4UV-. The van der Waals surface area contributed by atoms with Crippen LogP contribution in [0.3, 0.4) is 0 Å². The number of carbonyl (C=O) groups is 2. The van der Waals surface area contributed by atoms with Crippen LogP contribution in [-0.4, -0.2) is 55.7 Å². The zero-order valence-electron chi connectivity index (χ0n) is 15.1. The summed E-state index contributed by atoms with van der Waals surface area (Å²) >= 11 is 0. The van der Waals surface area contributed by atoms with Gasteiger partial charge in [-0.05, 0) is 30.7 Å². The van der Waals surface area contributed by atoms with Gasteiger partial charge in [-0.1, -0.05) is 12.1 Å². The normalized spacial score (nSPS) is 14.1. The molecule has 1 saturated heterocycles. The van der Waals surface area contributed by atoms with Crippen molar-refractivity contribution in [3.05, 3.63) is 54.2 Å². The van der Waals surface area contributed by atoms with Gasteiger partial charge in [0.05, 0.1) is 12.7 Å². The van der Waals surface area contributed by atoms with Crippen molar-refractivity contribution in [2.75, 3.05) is 33.9 Å². The average molecular weight is 620 g/mol. The Morgan fingerprint density at radius 1 is 1.27 bits per heavy atom. The Bertz CT molecular complexity index is 595. The van der Waals surface area contributed by atoms with Gasteiger partial charge in [0.1, 0.15) is 0 Å². The number of rotatable bonds is 8. The van der Waals surface area contributed by atoms with Crippen LogP contribution in [0.15, 0.2) is 36.4 Å². The Morgan fingerprint density at radius 3 is 2.58 bits per heavy atom. The number of amides is 1. The van der Waals surface area contributed by atoms with Crippen molar-refractivity contribution in [1.29, 1.82) is 0 Å². The van der Waals surface area contributed by atoms with Gasteiger partial charge < -0.3 is 9.47 Å². The molecule has 0 spiro atoms. The van der Waals surface area contributed by atoms with E-state index in [0.717, 1.165) is 18.5 Å². The van der Waals surface area contributed by atoms with Gasteiger partial charge in [-0.25, -0.2) is 22.0 Å². The molecule has 2 rings (SSSR count). The van der Waals surface area contributed by atoms with Crippen molar-refractivity contribution in [3.8, 4) is 0 Å². The van der Waals surface area contributed by atoms with Crippen molar-refractivity contribution in [1.82, 2.24) is 10.0 Å². The average Bonchev–Trinajstić information content (AvgIpc) is 2.96. The molecule has 0 bridgehead atoms. The van der Waals surface area contributed by atoms with E-state index in [9.17, 15) is 9.59 Å². The summed E-state index contributed by atoms with van der Waals surface area (Å²) < 4.78 is 9.53. The molecule has 0 aromatic heterocycles. The van der Waals surface area contributed by atoms with Gasteiger partial charge in [-0.2, -0.15) is 0 Å². The molecule has 1 fully saturated rings. The smallest absolute Gasteiger partial charge is 0.337 e. The van der Waals surface area contributed by atoms with Crippen molar-refractivity contribution < 1.29 is 68.7 Å². The first-order valence-corrected chi connectivity index (χ1v) is 7.89. The fraction of sp³-hybridized carbons (Fsp3) is 0.389. The first-order chi connectivity index (χ1) is 11.7. The Labute approximate surface area is 190 Å². The van der Waals surface area contributed by atoms with Crippen molar-refractivity contribution in [2.45, 2.75) is 12.8 Å². The molecule has 139 valence electrons. The number of hydrogen-bond donors (Lipinski definition) is 0. The predicted molar refractivity (Wildman–Crippen MR) is 89.8 cm³/mol. The molecule has 1 aromatic rings. The monoisotopic (exact) mass is 620 g/mol. The van der Waals surface area contributed by atoms with Gasteiger partial charge in [-0.15, -0.1) is 6.61 Å². The molecule has 1 radical (unpaired) electrons. The zero-order valence-corrected chi connectivity index (χ0v) is 20.6. The number of benzene rings is 1. The van der Waals surface area contributed by atoms with Crippen LogP contribution >= 0.6 is 0 Å². The number of nitrogens with zero attached hydrogens (tertiary/aromatic N) is 2. The van der Waals surface area contributed by atoms with Gasteiger partial charge in [0.15, 0.2) is 0 Å². The van der Waals surface area contributed by atoms with Crippen LogP contribution in [0.1, 0.15) is 22.3 Å². The molecule has 1 aromatic carbocycles. The molecule has 0 aliphatic carbocycles. The summed E-state index contributed by atoms with van der Waals surface area (Å²) in [5.41, 5.74) is 1.60. The van der Waals surface area contributed by atoms with Crippen LogP contribution in [0.2, 0.25) is 0 Å². The summed E-state index contributed by atoms with van der Waals surface area (Å²) in [5.74, 6) is -0.201. The maximum atomic E-state index is 12.0. The first-order valence-electron chi connectivity index (χ1n) is 7.89. The standard InChI is InChI=1S/C18H23N2O4.U.V/c1-23-14-4-3-11-19-12-10-17(21)20(19)13-9-15-5-7-16(8-6-15)18(22)24-2;;/h3-8,14H,9-13H2,1-2H3;;/q-1;;/b4-3-;;. The Morgan fingerprint density at radius 2 is 1.96 bits per heavy atom. The van der Waals surface area contributed by atoms with Crippen molar-refractivity contribution in [2.24, 2.45) is 0 Å². The van der Waals surface area contributed by atoms with Gasteiger partial charge in [0.2, 0.25) is 5.91 Å². The summed E-state index contributed by atoms with van der Waals surface area (Å²) in [5, 5.41) is 3.83. The largest absolute Gasteiger partial charge is 0.465 e. The minimum absolute atomic E-state index is 0. The van der Waals surface area contributed by atoms with Crippen LogP contribution in [0.25, 0.3) is 0 Å². The van der Waals surface area contributed by atoms with Gasteiger partial charge in [0, 0.05) is 76.3 Å². The van der Waals surface area contributed by atoms with Crippen LogP contribution in [0.5, 0.6) is 0 Å². The number of ether oxygens (including phenoxy) is 2. The van der Waals surface area contributed by atoms with Crippen LogP contribution in [0, 0.1) is 37.7 Å². The molecule has 0 atom stereocenters. The third kappa shape index (κ3) is 7.52. The molecular weight excluding hydrogens is 597 g/mol. The van der Waals surface area contributed by atoms with Gasteiger partial charge in [-0.3, -0.25) is 9.80 Å². The SMILES string of the molecule is CO[CH-]/C=C\CN1CCC(=O)N1CCc1ccc(C(=O)OC)cc1.[U].[V]. The minimum atomic E-state index is -0.345. The second-order valence-electron chi connectivity index (χ2n) is 5.42. The topological polar surface area (TPSA) is 59.1 Å². The maximum absolute atomic E-state index is 12.0. The molecule has 1 heterocycles. The van der Waals surface area contributed by atoms with E-state index in [0.29, 0.717) is 25.1 Å². The van der Waals surface area contributed by atoms with Gasteiger partial charge in [0.25, 0.3) is 0 Å². The first kappa shape index (κ1) is 25.3. The molecule has 0 unspecified atom stereocenters. The molecule has 1 aliphatic rings. The van der Waals surface area contributed by atoms with E-state index in [2.05, 4.69) is 4.74 Å². The number of carbonyl (C=O) groups excluding carboxylic acids is 2. The molecule has 26 heavy (non-hydrogen) atoms. The predicted octanol–water partition coefficient (Wildman–Crippen LogP) is 1.83. The maximum Gasteiger partial charge on any atom is 0.337 e. The summed E-state index contributed by atoms with van der Waals surface area (Å²) in [6.07, 6.45) is 5.06. The minimum Gasteiger partial charge on any atom is -0.465 e. The van der Waals surface area contributed by atoms with E-state index in [4.69, 9.17) is 4.74 Å². The molecule has 1 aliphatic heterocycles. The van der Waals surface area contributed by atoms with E-state index in [1.165, 1.54) is 7.11 Å². The third-order valence-corrected chi connectivity index (χ3v) is 3.87. The summed E-state index contributed by atoms with van der Waals surface area (Å²) in [7, 11) is 2.96. The second kappa shape index (κ2) is 13.5. The molecule has 6 nitrogen and oxygen atoms in total. The number of hydrazine groups is 1. The molecule has 8 heteroatoms. The Balaban J connectivity index is 0.00000312. The number of esters is 1. The summed E-state index contributed by atoms with van der Waals surface area (Å²) in [6.45, 7) is 3.63. The fourth-order valence-corrected chi connectivity index (χ4v) is 2.57. The van der Waals surface area contributed by atoms with E-state index < -0.39 is 0 Å². The van der Waals surface area contributed by atoms with Crippen LogP contribution < -0.4 is 0 Å². The van der Waals surface area contributed by atoms with E-state index >= 15 is 0 Å². The van der Waals surface area contributed by atoms with Crippen LogP contribution in [-0.2, 0) is 39.2 Å². The second-order valence-corrected chi connectivity index (χ2v) is 5.42. The van der Waals surface area contributed by atoms with Crippen LogP contribution in [0.4, 0.5) is 0 Å². The molecule has 1 amide bonds. The molecule has 0 N–H and O–H groups in total. The van der Waals surface area contributed by atoms with Gasteiger partial charge >= 0.3 is 5.97 Å². The third-order valence-electron chi connectivity index (χ3n) is 3.87. The summed E-state index contributed by atoms with van der Waals surface area (Å²) in [4.78, 5) is 23.5.